The van der Waals surface area contributed by atoms with Crippen molar-refractivity contribution in [2.24, 2.45) is 0 Å². The molecule has 0 aliphatic heterocycles. The maximum atomic E-state index is 13.5. The zero-order valence-corrected chi connectivity index (χ0v) is 25.0. The third kappa shape index (κ3) is 8.01. The highest BCUT2D eigenvalue weighted by Crippen LogP contribution is 2.25. The average molecular weight is 617 g/mol. The quantitative estimate of drug-likeness (QED) is 0.0659. The van der Waals surface area contributed by atoms with Crippen LogP contribution in [-0.2, 0) is 9.59 Å². The van der Waals surface area contributed by atoms with Gasteiger partial charge in [0.25, 0.3) is 17.5 Å². The molecule has 0 atom stereocenters. The molecule has 5 rings (SSSR count). The van der Waals surface area contributed by atoms with E-state index in [0.29, 0.717) is 22.5 Å². The minimum absolute atomic E-state index is 0.0757. The molecule has 45 heavy (non-hydrogen) atoms. The van der Waals surface area contributed by atoms with Gasteiger partial charge in [-0.15, -0.1) is 11.8 Å². The number of aryl methyl sites for hydroxylation is 1. The summed E-state index contributed by atoms with van der Waals surface area (Å²) < 4.78 is 0. The first-order valence-corrected chi connectivity index (χ1v) is 14.9. The number of rotatable bonds is 10. The first-order valence-electron chi connectivity index (χ1n) is 13.9. The third-order valence-corrected chi connectivity index (χ3v) is 7.85. The van der Waals surface area contributed by atoms with Gasteiger partial charge in [0.15, 0.2) is 0 Å². The highest BCUT2D eigenvalue weighted by molar-refractivity contribution is 8.00. The molecule has 9 nitrogen and oxygen atoms in total. The first-order chi connectivity index (χ1) is 21.8. The number of non-ortho nitro benzene ring substituents is 1. The molecule has 5 aromatic carbocycles. The van der Waals surface area contributed by atoms with Gasteiger partial charge in [-0.05, 0) is 71.3 Å². The average Bonchev–Trinajstić information content (AvgIpc) is 3.05. The molecule has 0 spiro atoms. The lowest BCUT2D eigenvalue weighted by atomic mass is 10.0. The van der Waals surface area contributed by atoms with Crippen molar-refractivity contribution in [2.75, 3.05) is 16.4 Å². The Balaban J connectivity index is 1.28. The number of carbonyl (C=O) groups is 3. The summed E-state index contributed by atoms with van der Waals surface area (Å²) in [5.41, 5.74) is 2.77. The summed E-state index contributed by atoms with van der Waals surface area (Å²) in [5.74, 6) is -1.14. The van der Waals surface area contributed by atoms with Crippen molar-refractivity contribution < 1.29 is 19.3 Å². The number of benzene rings is 5. The lowest BCUT2D eigenvalue weighted by Gasteiger charge is -2.13. The Hall–Kier alpha value is -5.74. The normalized spacial score (nSPS) is 11.1. The molecule has 5 aromatic rings. The molecule has 0 saturated carbocycles. The van der Waals surface area contributed by atoms with Crippen LogP contribution < -0.4 is 16.0 Å². The predicted molar refractivity (Wildman–Crippen MR) is 178 cm³/mol. The number of hydrogen-bond acceptors (Lipinski definition) is 6. The van der Waals surface area contributed by atoms with Crippen LogP contribution in [0, 0.1) is 17.0 Å². The van der Waals surface area contributed by atoms with Crippen LogP contribution in [0.4, 0.5) is 17.1 Å². The van der Waals surface area contributed by atoms with Crippen LogP contribution in [0.1, 0.15) is 21.5 Å². The van der Waals surface area contributed by atoms with Crippen LogP contribution in [0.3, 0.4) is 0 Å². The number of nitro groups is 1. The summed E-state index contributed by atoms with van der Waals surface area (Å²) in [7, 11) is 0. The van der Waals surface area contributed by atoms with Gasteiger partial charge >= 0.3 is 0 Å². The second kappa shape index (κ2) is 14.2. The van der Waals surface area contributed by atoms with E-state index in [4.69, 9.17) is 0 Å². The highest BCUT2D eigenvalue weighted by Gasteiger charge is 2.16. The third-order valence-electron chi connectivity index (χ3n) is 6.84. The predicted octanol–water partition coefficient (Wildman–Crippen LogP) is 7.20. The summed E-state index contributed by atoms with van der Waals surface area (Å²) in [4.78, 5) is 50.4. The maximum Gasteiger partial charge on any atom is 0.272 e. The van der Waals surface area contributed by atoms with Gasteiger partial charge in [0.1, 0.15) is 5.70 Å². The Morgan fingerprint density at radius 2 is 1.53 bits per heavy atom. The summed E-state index contributed by atoms with van der Waals surface area (Å²) >= 11 is 1.28. The van der Waals surface area contributed by atoms with Crippen molar-refractivity contribution in [3.8, 4) is 0 Å². The van der Waals surface area contributed by atoms with Crippen LogP contribution in [-0.4, -0.2) is 28.4 Å². The molecular formula is C35H28N4O5S. The molecule has 0 unspecified atom stereocenters. The Morgan fingerprint density at radius 1 is 0.822 bits per heavy atom. The highest BCUT2D eigenvalue weighted by atomic mass is 32.2. The maximum absolute atomic E-state index is 13.5. The SMILES string of the molecule is Cc1ccc([N+](=O)[O-])cc1NC(=O)CSc1ccc(NC(=O)/C(=C/c2cccc3ccccc23)NC(=O)c2ccccc2)cc1. The lowest BCUT2D eigenvalue weighted by Crippen LogP contribution is -2.30. The molecule has 0 aliphatic carbocycles. The molecule has 10 heteroatoms. The molecule has 3 N–H and O–H groups in total. The second-order valence-corrected chi connectivity index (χ2v) is 11.1. The van der Waals surface area contributed by atoms with E-state index in [2.05, 4.69) is 16.0 Å². The standard InChI is InChI=1S/C35H28N4O5S/c1-23-14-17-28(39(43)44)21-31(23)37-33(40)22-45-29-18-15-27(16-19-29)36-35(42)32(38-34(41)25-9-3-2-4-10-25)20-26-12-7-11-24-8-5-6-13-30(24)26/h2-21H,22H2,1H3,(H,36,42)(H,37,40)(H,38,41)/b32-20-. The topological polar surface area (TPSA) is 130 Å². The minimum Gasteiger partial charge on any atom is -0.325 e. The van der Waals surface area contributed by atoms with E-state index in [1.54, 1.807) is 67.6 Å². The first kappa shape index (κ1) is 30.7. The Labute approximate surface area is 263 Å². The molecule has 0 heterocycles. The van der Waals surface area contributed by atoms with Crippen molar-refractivity contribution in [1.29, 1.82) is 0 Å². The van der Waals surface area contributed by atoms with Gasteiger partial charge in [0, 0.05) is 28.3 Å². The number of nitrogens with zero attached hydrogens (tertiary/aromatic N) is 1. The number of thioether (sulfide) groups is 1. The van der Waals surface area contributed by atoms with Gasteiger partial charge in [-0.25, -0.2) is 0 Å². The van der Waals surface area contributed by atoms with E-state index in [1.807, 2.05) is 48.5 Å². The van der Waals surface area contributed by atoms with E-state index in [1.165, 1.54) is 23.9 Å². The fraction of sp³-hybridized carbons (Fsp3) is 0.0571. The summed E-state index contributed by atoms with van der Waals surface area (Å²) in [6.07, 6.45) is 1.66. The van der Waals surface area contributed by atoms with E-state index < -0.39 is 16.7 Å². The van der Waals surface area contributed by atoms with Crippen molar-refractivity contribution in [2.45, 2.75) is 11.8 Å². The fourth-order valence-corrected chi connectivity index (χ4v) is 5.20. The summed E-state index contributed by atoms with van der Waals surface area (Å²) in [6.45, 7) is 1.76. The van der Waals surface area contributed by atoms with Crippen LogP contribution >= 0.6 is 11.8 Å². The molecule has 0 saturated heterocycles. The van der Waals surface area contributed by atoms with Gasteiger partial charge in [-0.3, -0.25) is 24.5 Å². The summed E-state index contributed by atoms with van der Waals surface area (Å²) in [5, 5.41) is 21.3. The van der Waals surface area contributed by atoms with Gasteiger partial charge in [-0.2, -0.15) is 0 Å². The molecular weight excluding hydrogens is 588 g/mol. The molecule has 0 aromatic heterocycles. The zero-order valence-electron chi connectivity index (χ0n) is 24.2. The largest absolute Gasteiger partial charge is 0.325 e. The molecule has 0 radical (unpaired) electrons. The number of fused-ring (bicyclic) bond motifs is 1. The van der Waals surface area contributed by atoms with Crippen molar-refractivity contribution in [3.63, 3.8) is 0 Å². The number of amides is 3. The number of anilines is 2. The van der Waals surface area contributed by atoms with E-state index in [9.17, 15) is 24.5 Å². The Kier molecular flexibility index (Phi) is 9.66. The van der Waals surface area contributed by atoms with E-state index in [0.717, 1.165) is 21.2 Å². The van der Waals surface area contributed by atoms with Crippen LogP contribution in [0.2, 0.25) is 0 Å². The van der Waals surface area contributed by atoms with E-state index >= 15 is 0 Å². The van der Waals surface area contributed by atoms with Crippen molar-refractivity contribution >= 4 is 63.4 Å². The van der Waals surface area contributed by atoms with Crippen molar-refractivity contribution in [1.82, 2.24) is 5.32 Å². The summed E-state index contributed by atoms with van der Waals surface area (Å²) in [6, 6.07) is 33.4. The number of nitro benzene ring substituents is 1. The zero-order chi connectivity index (χ0) is 31.8. The fourth-order valence-electron chi connectivity index (χ4n) is 4.50. The van der Waals surface area contributed by atoms with Crippen LogP contribution in [0.5, 0.6) is 0 Å². The molecule has 0 aliphatic rings. The van der Waals surface area contributed by atoms with Gasteiger partial charge in [0.05, 0.1) is 16.4 Å². The van der Waals surface area contributed by atoms with Crippen molar-refractivity contribution in [3.05, 3.63) is 148 Å². The number of hydrogen-bond donors (Lipinski definition) is 3. The van der Waals surface area contributed by atoms with Crippen LogP contribution in [0.25, 0.3) is 16.8 Å². The lowest BCUT2D eigenvalue weighted by molar-refractivity contribution is -0.384. The number of nitrogens with one attached hydrogen (secondary N) is 3. The van der Waals surface area contributed by atoms with Gasteiger partial charge < -0.3 is 16.0 Å². The van der Waals surface area contributed by atoms with Crippen LogP contribution in [0.15, 0.2) is 126 Å². The molecule has 3 amide bonds. The molecule has 224 valence electrons. The van der Waals surface area contributed by atoms with E-state index in [-0.39, 0.29) is 23.0 Å². The molecule has 0 bridgehead atoms. The monoisotopic (exact) mass is 616 g/mol. The number of carbonyl (C=O) groups excluding carboxylic acids is 3. The van der Waals surface area contributed by atoms with Gasteiger partial charge in [0.2, 0.25) is 5.91 Å². The second-order valence-electron chi connectivity index (χ2n) is 10.0. The molecule has 0 fully saturated rings. The Bertz CT molecular complexity index is 1920. The minimum atomic E-state index is -0.510. The van der Waals surface area contributed by atoms with Gasteiger partial charge in [-0.1, -0.05) is 66.7 Å². The smallest absolute Gasteiger partial charge is 0.272 e. The Morgan fingerprint density at radius 3 is 2.29 bits per heavy atom.